The molecule has 1 fully saturated rings. The molecule has 0 spiro atoms. The van der Waals surface area contributed by atoms with Gasteiger partial charge in [0.2, 0.25) is 0 Å². The van der Waals surface area contributed by atoms with Gasteiger partial charge in [0.1, 0.15) is 0 Å². The van der Waals surface area contributed by atoms with Crippen LogP contribution in [0.2, 0.25) is 0 Å². The number of hydrogen-bond donors (Lipinski definition) is 2. The second-order valence-electron chi connectivity index (χ2n) is 4.64. The van der Waals surface area contributed by atoms with Crippen molar-refractivity contribution in [2.75, 3.05) is 12.8 Å². The molecule has 2 rings (SSSR count). The first-order chi connectivity index (χ1) is 8.78. The second-order valence-corrected chi connectivity index (χ2v) is 5.52. The number of hydrogen-bond acceptors (Lipinski definition) is 2. The summed E-state index contributed by atoms with van der Waals surface area (Å²) in [6.07, 6.45) is 6.80. The van der Waals surface area contributed by atoms with Crippen LogP contribution in [-0.4, -0.2) is 24.8 Å². The van der Waals surface area contributed by atoms with Crippen LogP contribution in [0.5, 0.6) is 0 Å². The maximum atomic E-state index is 5.83. The number of nitrogens with two attached hydrogens (primary N) is 1. The zero-order valence-electron chi connectivity index (χ0n) is 10.9. The van der Waals surface area contributed by atoms with Crippen LogP contribution < -0.4 is 11.1 Å². The van der Waals surface area contributed by atoms with Crippen LogP contribution in [0.3, 0.4) is 0 Å². The normalized spacial score (nSPS) is 16.4. The monoisotopic (exact) mass is 263 g/mol. The van der Waals surface area contributed by atoms with Crippen molar-refractivity contribution in [1.29, 1.82) is 0 Å². The Kier molecular flexibility index (Phi) is 4.93. The summed E-state index contributed by atoms with van der Waals surface area (Å²) in [6, 6.07) is 9.20. The van der Waals surface area contributed by atoms with Crippen molar-refractivity contribution in [3.05, 3.63) is 29.8 Å². The molecule has 0 heterocycles. The predicted molar refractivity (Wildman–Crippen MR) is 79.2 cm³/mol. The molecule has 18 heavy (non-hydrogen) atoms. The molecule has 3 nitrogen and oxygen atoms in total. The third-order valence-electron chi connectivity index (χ3n) is 3.30. The van der Waals surface area contributed by atoms with Gasteiger partial charge in [-0.15, -0.1) is 11.8 Å². The Balaban J connectivity index is 1.74. The van der Waals surface area contributed by atoms with Crippen molar-refractivity contribution in [1.82, 2.24) is 5.32 Å². The van der Waals surface area contributed by atoms with Gasteiger partial charge < -0.3 is 11.1 Å². The molecular formula is C14H21N3S. The number of aliphatic imine (C=N–C) groups is 1. The molecule has 0 radical (unpaired) electrons. The number of guanidine groups is 1. The minimum absolute atomic E-state index is 0.564. The number of benzene rings is 1. The molecule has 1 saturated carbocycles. The maximum Gasteiger partial charge on any atom is 0.188 e. The van der Waals surface area contributed by atoms with Crippen LogP contribution in [-0.2, 0) is 6.42 Å². The minimum Gasteiger partial charge on any atom is -0.370 e. The molecule has 3 N–H and O–H groups in total. The van der Waals surface area contributed by atoms with E-state index in [1.54, 1.807) is 11.8 Å². The van der Waals surface area contributed by atoms with E-state index in [9.17, 15) is 0 Å². The topological polar surface area (TPSA) is 50.4 Å². The van der Waals surface area contributed by atoms with Gasteiger partial charge in [-0.3, -0.25) is 4.99 Å². The summed E-state index contributed by atoms with van der Waals surface area (Å²) in [5.41, 5.74) is 7.14. The van der Waals surface area contributed by atoms with Crippen LogP contribution >= 0.6 is 11.8 Å². The second kappa shape index (κ2) is 6.69. The Morgan fingerprint density at radius 1 is 1.39 bits per heavy atom. The fourth-order valence-electron chi connectivity index (χ4n) is 1.91. The van der Waals surface area contributed by atoms with Crippen molar-refractivity contribution in [3.63, 3.8) is 0 Å². The van der Waals surface area contributed by atoms with E-state index in [0.29, 0.717) is 12.0 Å². The zero-order chi connectivity index (χ0) is 12.8. The minimum atomic E-state index is 0.564. The summed E-state index contributed by atoms with van der Waals surface area (Å²) >= 11 is 1.76. The largest absolute Gasteiger partial charge is 0.370 e. The highest BCUT2D eigenvalue weighted by Crippen LogP contribution is 2.17. The summed E-state index contributed by atoms with van der Waals surface area (Å²) in [4.78, 5) is 5.66. The van der Waals surface area contributed by atoms with Gasteiger partial charge in [-0.2, -0.15) is 0 Å². The van der Waals surface area contributed by atoms with E-state index in [0.717, 1.165) is 13.0 Å². The molecular weight excluding hydrogens is 242 g/mol. The van der Waals surface area contributed by atoms with Gasteiger partial charge >= 0.3 is 0 Å². The van der Waals surface area contributed by atoms with E-state index < -0.39 is 0 Å². The standard InChI is InChI=1S/C14H21N3S/c1-18-13-7-5-11(6-8-13)9-10-16-14(15)17-12-3-2-4-12/h5-8,12H,2-4,9-10H2,1H3,(H3,15,16,17). The SMILES string of the molecule is CSc1ccc(CCN=C(N)NC2CCC2)cc1. The third-order valence-corrected chi connectivity index (χ3v) is 4.04. The van der Waals surface area contributed by atoms with Gasteiger partial charge in [-0.05, 0) is 49.6 Å². The van der Waals surface area contributed by atoms with Crippen molar-refractivity contribution in [3.8, 4) is 0 Å². The zero-order valence-corrected chi connectivity index (χ0v) is 11.7. The van der Waals surface area contributed by atoms with Crippen LogP contribution in [0.4, 0.5) is 0 Å². The first-order valence-electron chi connectivity index (χ1n) is 6.47. The average molecular weight is 263 g/mol. The molecule has 1 aliphatic carbocycles. The molecule has 1 aromatic rings. The molecule has 1 aliphatic rings. The van der Waals surface area contributed by atoms with E-state index >= 15 is 0 Å². The summed E-state index contributed by atoms with van der Waals surface area (Å²) in [5, 5.41) is 3.25. The molecule has 4 heteroatoms. The van der Waals surface area contributed by atoms with Crippen LogP contribution in [0.15, 0.2) is 34.2 Å². The Bertz CT molecular complexity index is 396. The predicted octanol–water partition coefficient (Wildman–Crippen LogP) is 2.41. The fraction of sp³-hybridized carbons (Fsp3) is 0.500. The van der Waals surface area contributed by atoms with Crippen LogP contribution in [0, 0.1) is 0 Å². The van der Waals surface area contributed by atoms with Crippen LogP contribution in [0.25, 0.3) is 0 Å². The average Bonchev–Trinajstić information content (AvgIpc) is 2.35. The number of nitrogens with one attached hydrogen (secondary N) is 1. The highest BCUT2D eigenvalue weighted by Gasteiger charge is 2.16. The number of thioether (sulfide) groups is 1. The molecule has 0 amide bonds. The van der Waals surface area contributed by atoms with E-state index in [4.69, 9.17) is 5.73 Å². The highest BCUT2D eigenvalue weighted by molar-refractivity contribution is 7.98. The van der Waals surface area contributed by atoms with E-state index in [1.165, 1.54) is 29.7 Å². The van der Waals surface area contributed by atoms with Gasteiger partial charge in [0.25, 0.3) is 0 Å². The first kappa shape index (κ1) is 13.3. The summed E-state index contributed by atoms with van der Waals surface area (Å²) in [6.45, 7) is 0.754. The summed E-state index contributed by atoms with van der Waals surface area (Å²) in [7, 11) is 0. The van der Waals surface area contributed by atoms with E-state index in [1.807, 2.05) is 0 Å². The van der Waals surface area contributed by atoms with Gasteiger partial charge in [0.05, 0.1) is 0 Å². The molecule has 0 unspecified atom stereocenters. The lowest BCUT2D eigenvalue weighted by atomic mass is 9.93. The highest BCUT2D eigenvalue weighted by atomic mass is 32.2. The lowest BCUT2D eigenvalue weighted by molar-refractivity contribution is 0.382. The van der Waals surface area contributed by atoms with Crippen molar-refractivity contribution < 1.29 is 0 Å². The Morgan fingerprint density at radius 3 is 2.67 bits per heavy atom. The fourth-order valence-corrected chi connectivity index (χ4v) is 2.31. The number of rotatable bonds is 5. The quantitative estimate of drug-likeness (QED) is 0.487. The lowest BCUT2D eigenvalue weighted by Crippen LogP contribution is -2.43. The Morgan fingerprint density at radius 2 is 2.11 bits per heavy atom. The maximum absolute atomic E-state index is 5.83. The van der Waals surface area contributed by atoms with Gasteiger partial charge in [0.15, 0.2) is 5.96 Å². The summed E-state index contributed by atoms with van der Waals surface area (Å²) in [5.74, 6) is 0.598. The van der Waals surface area contributed by atoms with Crippen molar-refractivity contribution >= 4 is 17.7 Å². The smallest absolute Gasteiger partial charge is 0.188 e. The van der Waals surface area contributed by atoms with Crippen molar-refractivity contribution in [2.24, 2.45) is 10.7 Å². The third kappa shape index (κ3) is 3.95. The summed E-state index contributed by atoms with van der Waals surface area (Å²) < 4.78 is 0. The number of nitrogens with zero attached hydrogens (tertiary/aromatic N) is 1. The van der Waals surface area contributed by atoms with E-state index in [-0.39, 0.29) is 0 Å². The molecule has 0 atom stereocenters. The molecule has 0 aromatic heterocycles. The molecule has 0 bridgehead atoms. The lowest BCUT2D eigenvalue weighted by Gasteiger charge is -2.26. The molecule has 0 aliphatic heterocycles. The Labute approximate surface area is 113 Å². The van der Waals surface area contributed by atoms with Crippen molar-refractivity contribution in [2.45, 2.75) is 36.6 Å². The Hall–Kier alpha value is -1.16. The van der Waals surface area contributed by atoms with Gasteiger partial charge in [-0.25, -0.2) is 0 Å². The molecule has 0 saturated heterocycles. The molecule has 1 aromatic carbocycles. The van der Waals surface area contributed by atoms with Crippen LogP contribution in [0.1, 0.15) is 24.8 Å². The first-order valence-corrected chi connectivity index (χ1v) is 7.70. The van der Waals surface area contributed by atoms with Gasteiger partial charge in [-0.1, -0.05) is 12.1 Å². The van der Waals surface area contributed by atoms with E-state index in [2.05, 4.69) is 40.8 Å². The molecule has 98 valence electrons. The van der Waals surface area contributed by atoms with Gasteiger partial charge in [0, 0.05) is 17.5 Å².